The van der Waals surface area contributed by atoms with Crippen LogP contribution in [0.1, 0.15) is 161 Å². The molecule has 0 bridgehead atoms. The normalized spacial score (nSPS) is 32.1. The summed E-state index contributed by atoms with van der Waals surface area (Å²) < 4.78 is 12.9. The minimum Gasteiger partial charge on any atom is -0.454 e. The van der Waals surface area contributed by atoms with Crippen LogP contribution in [-0.2, 0) is 19.1 Å². The van der Waals surface area contributed by atoms with Crippen molar-refractivity contribution in [3.8, 4) is 0 Å². The molecule has 3 N–H and O–H groups in total. The molecule has 0 heterocycles. The minimum atomic E-state index is -1.96. The van der Waals surface area contributed by atoms with E-state index in [4.69, 9.17) is 9.47 Å². The standard InChI is InChI=1S/C46H68O8/c1-6-7-8-9-10-11-12-13-14-15-16-17-18-19-20-24-27-38(48)54-46-39(43(46,4)5)36-29-34(31-47)30-44(51)37(28-32(2)40(44)49)45(36,52)33(3)41(46)53-42(50)35-25-22-21-23-26-35/h21-23,25-26,28-29,33,36-37,39,41,47,51-52H,6-20,24,27,30-31H2,1-5H3/t33-,36+,37-,39-,41-,44-,45-,46-/m1/s1. The second kappa shape index (κ2) is 18.0. The fourth-order valence-corrected chi connectivity index (χ4v) is 10.6. The number of hydrogen-bond donors (Lipinski definition) is 3. The van der Waals surface area contributed by atoms with Crippen molar-refractivity contribution < 1.29 is 39.2 Å². The third-order valence-corrected chi connectivity index (χ3v) is 13.7. The molecule has 8 atom stereocenters. The highest BCUT2D eigenvalue weighted by molar-refractivity contribution is 6.05. The highest BCUT2D eigenvalue weighted by atomic mass is 16.6. The number of rotatable bonds is 21. The predicted molar refractivity (Wildman–Crippen MR) is 210 cm³/mol. The number of carbonyl (C=O) groups excluding carboxylic acids is 3. The fourth-order valence-electron chi connectivity index (χ4n) is 10.6. The lowest BCUT2D eigenvalue weighted by molar-refractivity contribution is -0.219. The Morgan fingerprint density at radius 1 is 0.815 bits per heavy atom. The third-order valence-electron chi connectivity index (χ3n) is 13.7. The van der Waals surface area contributed by atoms with Gasteiger partial charge in [0, 0.05) is 41.9 Å². The Bertz CT molecular complexity index is 1510. The Morgan fingerprint density at radius 2 is 1.35 bits per heavy atom. The van der Waals surface area contributed by atoms with Gasteiger partial charge in [-0.2, -0.15) is 0 Å². The number of ether oxygens (including phenoxy) is 2. The summed E-state index contributed by atoms with van der Waals surface area (Å²) in [6.07, 6.45) is 22.3. The number of aliphatic hydroxyl groups excluding tert-OH is 1. The average Bonchev–Trinajstić information content (AvgIpc) is 3.58. The molecule has 0 amide bonds. The van der Waals surface area contributed by atoms with Gasteiger partial charge in [-0.25, -0.2) is 4.79 Å². The summed E-state index contributed by atoms with van der Waals surface area (Å²) in [5.74, 6) is -4.55. The molecule has 4 aliphatic rings. The quantitative estimate of drug-likeness (QED) is 0.0646. The van der Waals surface area contributed by atoms with Crippen molar-refractivity contribution in [3.05, 3.63) is 59.2 Å². The van der Waals surface area contributed by atoms with E-state index in [9.17, 15) is 29.7 Å². The van der Waals surface area contributed by atoms with Gasteiger partial charge in [-0.05, 0) is 36.6 Å². The fraction of sp³-hybridized carbons (Fsp3) is 0.717. The highest BCUT2D eigenvalue weighted by Crippen LogP contribution is 2.77. The number of fused-ring (bicyclic) bond motifs is 5. The monoisotopic (exact) mass is 748 g/mol. The van der Waals surface area contributed by atoms with E-state index in [2.05, 4.69) is 6.92 Å². The van der Waals surface area contributed by atoms with Crippen LogP contribution in [-0.4, -0.2) is 62.6 Å². The van der Waals surface area contributed by atoms with Crippen molar-refractivity contribution in [3.63, 3.8) is 0 Å². The van der Waals surface area contributed by atoms with Crippen LogP contribution in [0.3, 0.4) is 0 Å². The first-order chi connectivity index (χ1) is 25.8. The average molecular weight is 749 g/mol. The van der Waals surface area contributed by atoms with Crippen LogP contribution in [0.15, 0.2) is 53.6 Å². The van der Waals surface area contributed by atoms with Crippen LogP contribution in [0.25, 0.3) is 0 Å². The Balaban J connectivity index is 1.23. The Labute approximate surface area is 324 Å². The number of Topliss-reactive ketones (excluding diaryl/α,β-unsaturated/α-hetero) is 1. The van der Waals surface area contributed by atoms with Crippen LogP contribution >= 0.6 is 0 Å². The van der Waals surface area contributed by atoms with Gasteiger partial charge in [-0.1, -0.05) is 154 Å². The highest BCUT2D eigenvalue weighted by Gasteiger charge is 2.88. The molecule has 5 rings (SSSR count). The van der Waals surface area contributed by atoms with E-state index in [1.165, 1.54) is 77.0 Å². The molecule has 54 heavy (non-hydrogen) atoms. The number of benzene rings is 1. The molecule has 2 saturated carbocycles. The molecule has 300 valence electrons. The second-order valence-corrected chi connectivity index (χ2v) is 17.7. The van der Waals surface area contributed by atoms with Crippen molar-refractivity contribution in [2.75, 3.05) is 6.61 Å². The van der Waals surface area contributed by atoms with E-state index in [-0.39, 0.29) is 18.8 Å². The van der Waals surface area contributed by atoms with Crippen molar-refractivity contribution in [2.24, 2.45) is 29.1 Å². The second-order valence-electron chi connectivity index (χ2n) is 17.7. The molecule has 2 fully saturated rings. The van der Waals surface area contributed by atoms with Gasteiger partial charge in [0.15, 0.2) is 11.4 Å². The summed E-state index contributed by atoms with van der Waals surface area (Å²) in [7, 11) is 0. The Kier molecular flexibility index (Phi) is 14.1. The number of unbranched alkanes of at least 4 members (excludes halogenated alkanes) is 15. The van der Waals surface area contributed by atoms with Gasteiger partial charge < -0.3 is 24.8 Å². The third kappa shape index (κ3) is 8.18. The summed E-state index contributed by atoms with van der Waals surface area (Å²) in [5, 5.41) is 35.4. The van der Waals surface area contributed by atoms with Crippen LogP contribution in [0.5, 0.6) is 0 Å². The first-order valence-corrected chi connectivity index (χ1v) is 21.3. The maximum atomic E-state index is 13.8. The van der Waals surface area contributed by atoms with Crippen LogP contribution in [0.2, 0.25) is 0 Å². The topological polar surface area (TPSA) is 130 Å². The number of hydrogen-bond acceptors (Lipinski definition) is 8. The van der Waals surface area contributed by atoms with Gasteiger partial charge in [0.1, 0.15) is 11.7 Å². The summed E-state index contributed by atoms with van der Waals surface area (Å²) >= 11 is 0. The molecule has 0 spiro atoms. The molecule has 8 nitrogen and oxygen atoms in total. The number of aliphatic hydroxyl groups is 3. The lowest BCUT2D eigenvalue weighted by Crippen LogP contribution is -2.66. The maximum Gasteiger partial charge on any atom is 0.338 e. The summed E-state index contributed by atoms with van der Waals surface area (Å²) in [6, 6.07) is 8.60. The number of ketones is 1. The first-order valence-electron chi connectivity index (χ1n) is 21.3. The lowest BCUT2D eigenvalue weighted by atomic mass is 9.59. The number of carbonyl (C=O) groups is 3. The van der Waals surface area contributed by atoms with Crippen LogP contribution < -0.4 is 0 Å². The molecule has 4 aliphatic carbocycles. The van der Waals surface area contributed by atoms with Crippen LogP contribution in [0, 0.1) is 29.1 Å². The molecule has 1 aromatic rings. The zero-order chi connectivity index (χ0) is 39.1. The number of esters is 2. The van der Waals surface area contributed by atoms with E-state index in [0.29, 0.717) is 23.1 Å². The molecule has 0 aliphatic heterocycles. The first kappa shape index (κ1) is 42.3. The van der Waals surface area contributed by atoms with Gasteiger partial charge in [-0.3, -0.25) is 9.59 Å². The van der Waals surface area contributed by atoms with Crippen molar-refractivity contribution >= 4 is 17.7 Å². The molecule has 0 saturated heterocycles. The Hall–Kier alpha value is -2.81. The van der Waals surface area contributed by atoms with Crippen molar-refractivity contribution in [1.82, 2.24) is 0 Å². The van der Waals surface area contributed by atoms with Gasteiger partial charge in [0.2, 0.25) is 0 Å². The van der Waals surface area contributed by atoms with Crippen molar-refractivity contribution in [1.29, 1.82) is 0 Å². The SMILES string of the molecule is CCCCCCCCCCCCCCCCCCC(=O)O[C@@]12[C@H](OC(=O)c3ccccc3)[C@@H](C)[C@@]3(O)[C@@H](C=C(CO)C[C@]4(O)C(=O)C(C)=C[C@@H]34)[C@@H]1C2(C)C. The molecule has 1 aromatic carbocycles. The van der Waals surface area contributed by atoms with Crippen molar-refractivity contribution in [2.45, 2.75) is 173 Å². The zero-order valence-corrected chi connectivity index (χ0v) is 33.7. The van der Waals surface area contributed by atoms with Gasteiger partial charge in [-0.15, -0.1) is 0 Å². The molecular weight excluding hydrogens is 680 g/mol. The molecular formula is C46H68O8. The van der Waals surface area contributed by atoms with Crippen LogP contribution in [0.4, 0.5) is 0 Å². The summed E-state index contributed by atoms with van der Waals surface area (Å²) in [4.78, 5) is 40.9. The lowest BCUT2D eigenvalue weighted by Gasteiger charge is -2.53. The summed E-state index contributed by atoms with van der Waals surface area (Å²) in [6.45, 7) is 9.18. The van der Waals surface area contributed by atoms with E-state index in [0.717, 1.165) is 19.3 Å². The molecule has 0 radical (unpaired) electrons. The van der Waals surface area contributed by atoms with E-state index in [1.54, 1.807) is 56.3 Å². The minimum absolute atomic E-state index is 0.125. The summed E-state index contributed by atoms with van der Waals surface area (Å²) in [5.41, 5.74) is -4.62. The largest absolute Gasteiger partial charge is 0.454 e. The zero-order valence-electron chi connectivity index (χ0n) is 33.7. The molecule has 0 aromatic heterocycles. The predicted octanol–water partition coefficient (Wildman–Crippen LogP) is 9.00. The van der Waals surface area contributed by atoms with Gasteiger partial charge >= 0.3 is 11.9 Å². The maximum absolute atomic E-state index is 13.8. The van der Waals surface area contributed by atoms with E-state index < -0.39 is 70.4 Å². The molecule has 8 heteroatoms. The smallest absolute Gasteiger partial charge is 0.338 e. The van der Waals surface area contributed by atoms with E-state index >= 15 is 0 Å². The molecule has 0 unspecified atom stereocenters. The van der Waals surface area contributed by atoms with E-state index in [1.807, 2.05) is 13.8 Å². The van der Waals surface area contributed by atoms with Gasteiger partial charge in [0.25, 0.3) is 0 Å². The Morgan fingerprint density at radius 3 is 1.89 bits per heavy atom. The van der Waals surface area contributed by atoms with Gasteiger partial charge in [0.05, 0.1) is 17.8 Å².